The monoisotopic (exact) mass is 444 g/mol. The molecule has 0 spiro atoms. The highest BCUT2D eigenvalue weighted by atomic mass is 35.5. The molecule has 1 amide bonds. The van der Waals surface area contributed by atoms with Gasteiger partial charge < -0.3 is 5.32 Å². The molecular weight excluding hydrogens is 428 g/mol. The van der Waals surface area contributed by atoms with E-state index < -0.39 is 9.84 Å². The van der Waals surface area contributed by atoms with E-state index >= 15 is 0 Å². The van der Waals surface area contributed by atoms with Gasteiger partial charge in [-0.25, -0.2) is 8.42 Å². The first kappa shape index (κ1) is 21.1. The molecule has 5 nitrogen and oxygen atoms in total. The summed E-state index contributed by atoms with van der Waals surface area (Å²) in [4.78, 5) is 12.6. The average Bonchev–Trinajstić information content (AvgIpc) is 3.16. The van der Waals surface area contributed by atoms with Crippen LogP contribution in [-0.4, -0.2) is 20.1 Å². The standard InChI is InChI=1S/C21H17ClN2O3S2/c1-2-29(26,27)19-5-3-14(4-6-19)9-20(25)24-21-11-17(13-28-21)16-7-15(12-23)8-18(22)10-16/h3-8,10-11,13H,2,9H2,1H3,(H,24,25). The van der Waals surface area contributed by atoms with Crippen LogP contribution in [0.2, 0.25) is 5.02 Å². The lowest BCUT2D eigenvalue weighted by Crippen LogP contribution is -2.13. The van der Waals surface area contributed by atoms with Crippen molar-refractivity contribution in [3.63, 3.8) is 0 Å². The normalized spacial score (nSPS) is 11.1. The third kappa shape index (κ3) is 5.24. The quantitative estimate of drug-likeness (QED) is 0.584. The summed E-state index contributed by atoms with van der Waals surface area (Å²) in [7, 11) is -3.25. The van der Waals surface area contributed by atoms with Gasteiger partial charge in [0.15, 0.2) is 9.84 Å². The van der Waals surface area contributed by atoms with Crippen molar-refractivity contribution in [2.45, 2.75) is 18.2 Å². The fourth-order valence-corrected chi connectivity index (χ4v) is 4.67. The molecule has 1 N–H and O–H groups in total. The summed E-state index contributed by atoms with van der Waals surface area (Å²) in [6, 6.07) is 15.3. The Balaban J connectivity index is 1.68. The van der Waals surface area contributed by atoms with Crippen molar-refractivity contribution < 1.29 is 13.2 Å². The molecule has 0 aliphatic carbocycles. The SMILES string of the molecule is CCS(=O)(=O)c1ccc(CC(=O)Nc2cc(-c3cc(Cl)cc(C#N)c3)cs2)cc1. The fraction of sp³-hybridized carbons (Fsp3) is 0.143. The second-order valence-corrected chi connectivity index (χ2v) is 9.94. The lowest BCUT2D eigenvalue weighted by Gasteiger charge is -2.05. The molecule has 0 radical (unpaired) electrons. The van der Waals surface area contributed by atoms with Gasteiger partial charge in [-0.1, -0.05) is 30.7 Å². The summed E-state index contributed by atoms with van der Waals surface area (Å²) in [5, 5.41) is 15.0. The average molecular weight is 445 g/mol. The summed E-state index contributed by atoms with van der Waals surface area (Å²) in [5.41, 5.74) is 2.86. The van der Waals surface area contributed by atoms with Crippen molar-refractivity contribution in [2.75, 3.05) is 11.1 Å². The van der Waals surface area contributed by atoms with E-state index in [1.54, 1.807) is 37.3 Å². The molecule has 0 bridgehead atoms. The van der Waals surface area contributed by atoms with E-state index in [0.717, 1.165) is 16.7 Å². The summed E-state index contributed by atoms with van der Waals surface area (Å²) >= 11 is 7.43. The van der Waals surface area contributed by atoms with Crippen molar-refractivity contribution >= 4 is 43.7 Å². The minimum atomic E-state index is -3.25. The number of rotatable bonds is 6. The number of nitrogens with one attached hydrogen (secondary N) is 1. The van der Waals surface area contributed by atoms with E-state index in [0.29, 0.717) is 15.6 Å². The van der Waals surface area contributed by atoms with Gasteiger partial charge in [0.25, 0.3) is 0 Å². The minimum Gasteiger partial charge on any atom is -0.317 e. The number of hydrogen-bond acceptors (Lipinski definition) is 5. The number of benzene rings is 2. The molecule has 3 aromatic rings. The maximum atomic E-state index is 12.3. The van der Waals surface area contributed by atoms with Gasteiger partial charge in [0, 0.05) is 10.4 Å². The van der Waals surface area contributed by atoms with Crippen LogP contribution in [0.4, 0.5) is 5.00 Å². The zero-order valence-corrected chi connectivity index (χ0v) is 17.9. The Morgan fingerprint density at radius 1 is 1.14 bits per heavy atom. The van der Waals surface area contributed by atoms with E-state index in [1.165, 1.54) is 23.5 Å². The lowest BCUT2D eigenvalue weighted by molar-refractivity contribution is -0.115. The van der Waals surface area contributed by atoms with Crippen LogP contribution in [0, 0.1) is 11.3 Å². The number of halogens is 1. The Morgan fingerprint density at radius 3 is 2.52 bits per heavy atom. The first-order valence-electron chi connectivity index (χ1n) is 8.72. The van der Waals surface area contributed by atoms with Crippen molar-refractivity contribution in [3.8, 4) is 17.2 Å². The van der Waals surface area contributed by atoms with Crippen LogP contribution in [0.15, 0.2) is 58.8 Å². The van der Waals surface area contributed by atoms with E-state index in [9.17, 15) is 13.2 Å². The third-order valence-corrected chi connectivity index (χ3v) is 7.06. The molecule has 8 heteroatoms. The molecule has 0 aliphatic heterocycles. The Hall–Kier alpha value is -2.66. The predicted octanol–water partition coefficient (Wildman–Crippen LogP) is 4.91. The summed E-state index contributed by atoms with van der Waals surface area (Å²) in [5.74, 6) is -0.163. The lowest BCUT2D eigenvalue weighted by atomic mass is 10.1. The highest BCUT2D eigenvalue weighted by Crippen LogP contribution is 2.31. The van der Waals surface area contributed by atoms with Gasteiger partial charge in [-0.3, -0.25) is 4.79 Å². The Labute approximate surface area is 178 Å². The van der Waals surface area contributed by atoms with Crippen LogP contribution < -0.4 is 5.32 Å². The van der Waals surface area contributed by atoms with Gasteiger partial charge in [0.05, 0.1) is 33.7 Å². The summed E-state index contributed by atoms with van der Waals surface area (Å²) < 4.78 is 23.7. The van der Waals surface area contributed by atoms with E-state index in [1.807, 2.05) is 11.4 Å². The van der Waals surface area contributed by atoms with Gasteiger partial charge in [0.2, 0.25) is 5.91 Å². The van der Waals surface area contributed by atoms with Crippen molar-refractivity contribution in [1.29, 1.82) is 5.26 Å². The third-order valence-electron chi connectivity index (χ3n) is 4.25. The zero-order valence-electron chi connectivity index (χ0n) is 15.5. The maximum Gasteiger partial charge on any atom is 0.229 e. The number of sulfone groups is 1. The topological polar surface area (TPSA) is 87.0 Å². The Morgan fingerprint density at radius 2 is 1.86 bits per heavy atom. The number of amides is 1. The summed E-state index contributed by atoms with van der Waals surface area (Å²) in [6.45, 7) is 1.59. The van der Waals surface area contributed by atoms with Gasteiger partial charge >= 0.3 is 0 Å². The number of carbonyl (C=O) groups is 1. The molecule has 0 saturated carbocycles. The molecule has 1 aromatic heterocycles. The molecular formula is C21H17ClN2O3S2. The van der Waals surface area contributed by atoms with Crippen LogP contribution in [0.5, 0.6) is 0 Å². The molecule has 2 aromatic carbocycles. The van der Waals surface area contributed by atoms with Crippen LogP contribution in [0.3, 0.4) is 0 Å². The zero-order chi connectivity index (χ0) is 21.0. The van der Waals surface area contributed by atoms with E-state index in [4.69, 9.17) is 16.9 Å². The number of nitriles is 1. The number of anilines is 1. The molecule has 0 aliphatic rings. The van der Waals surface area contributed by atoms with Crippen LogP contribution in [0.25, 0.3) is 11.1 Å². The fourth-order valence-electron chi connectivity index (χ4n) is 2.72. The molecule has 1 heterocycles. The Kier molecular flexibility index (Phi) is 6.38. The Bertz CT molecular complexity index is 1190. The molecule has 0 atom stereocenters. The molecule has 148 valence electrons. The number of nitrogens with zero attached hydrogens (tertiary/aromatic N) is 1. The molecule has 0 fully saturated rings. The van der Waals surface area contributed by atoms with Crippen LogP contribution in [0.1, 0.15) is 18.1 Å². The summed E-state index contributed by atoms with van der Waals surface area (Å²) in [6.07, 6.45) is 0.134. The number of carbonyl (C=O) groups excluding carboxylic acids is 1. The second kappa shape index (κ2) is 8.78. The number of thiophene rings is 1. The van der Waals surface area contributed by atoms with E-state index in [2.05, 4.69) is 11.4 Å². The first-order valence-corrected chi connectivity index (χ1v) is 11.6. The van der Waals surface area contributed by atoms with Gasteiger partial charge in [-0.15, -0.1) is 11.3 Å². The van der Waals surface area contributed by atoms with Crippen LogP contribution >= 0.6 is 22.9 Å². The minimum absolute atomic E-state index is 0.0377. The number of hydrogen-bond donors (Lipinski definition) is 1. The second-order valence-electron chi connectivity index (χ2n) is 6.31. The van der Waals surface area contributed by atoms with Gasteiger partial charge in [-0.05, 0) is 53.1 Å². The predicted molar refractivity (Wildman–Crippen MR) is 116 cm³/mol. The largest absolute Gasteiger partial charge is 0.317 e. The molecule has 29 heavy (non-hydrogen) atoms. The molecule has 0 unspecified atom stereocenters. The smallest absolute Gasteiger partial charge is 0.229 e. The van der Waals surface area contributed by atoms with Crippen molar-refractivity contribution in [2.24, 2.45) is 0 Å². The van der Waals surface area contributed by atoms with E-state index in [-0.39, 0.29) is 23.0 Å². The van der Waals surface area contributed by atoms with Crippen LogP contribution in [-0.2, 0) is 21.1 Å². The van der Waals surface area contributed by atoms with Crippen molar-refractivity contribution in [1.82, 2.24) is 0 Å². The maximum absolute atomic E-state index is 12.3. The highest BCUT2D eigenvalue weighted by molar-refractivity contribution is 7.91. The van der Waals surface area contributed by atoms with Gasteiger partial charge in [0.1, 0.15) is 0 Å². The van der Waals surface area contributed by atoms with Crippen molar-refractivity contribution in [3.05, 3.63) is 70.1 Å². The molecule has 0 saturated heterocycles. The molecule has 3 rings (SSSR count). The van der Waals surface area contributed by atoms with Gasteiger partial charge in [-0.2, -0.15) is 5.26 Å². The first-order chi connectivity index (χ1) is 13.8. The highest BCUT2D eigenvalue weighted by Gasteiger charge is 2.12.